The summed E-state index contributed by atoms with van der Waals surface area (Å²) < 4.78 is 40.7. The van der Waals surface area contributed by atoms with Gasteiger partial charge >= 0.3 is 12.1 Å². The minimum Gasteiger partial charge on any atom is -0.478 e. The highest BCUT2D eigenvalue weighted by molar-refractivity contribution is 6.05. The van der Waals surface area contributed by atoms with E-state index in [4.69, 9.17) is 5.11 Å². The maximum Gasteiger partial charge on any atom is 0.433 e. The topological polar surface area (TPSA) is 109 Å². The van der Waals surface area contributed by atoms with Gasteiger partial charge in [0.25, 0.3) is 5.91 Å². The van der Waals surface area contributed by atoms with Crippen molar-refractivity contribution in [1.82, 2.24) is 19.6 Å². The van der Waals surface area contributed by atoms with Crippen LogP contribution in [-0.4, -0.2) is 36.6 Å². The summed E-state index contributed by atoms with van der Waals surface area (Å²) in [5, 5.41) is 16.1. The number of hydrogen-bond acceptors (Lipinski definition) is 5. The summed E-state index contributed by atoms with van der Waals surface area (Å²) in [5.74, 6) is -1.46. The molecule has 2 N–H and O–H groups in total. The molecular formula is C29H20F3N5O3. The second-order valence-corrected chi connectivity index (χ2v) is 8.83. The average molecular weight is 544 g/mol. The van der Waals surface area contributed by atoms with Crippen molar-refractivity contribution in [3.63, 3.8) is 0 Å². The van der Waals surface area contributed by atoms with Crippen molar-refractivity contribution in [1.29, 1.82) is 0 Å². The van der Waals surface area contributed by atoms with Gasteiger partial charge in [-0.1, -0.05) is 30.3 Å². The van der Waals surface area contributed by atoms with E-state index >= 15 is 0 Å². The highest BCUT2D eigenvalue weighted by Gasteiger charge is 2.32. The first kappa shape index (κ1) is 26.3. The number of amides is 1. The minimum absolute atomic E-state index is 0.0785. The number of hydrogen-bond donors (Lipinski definition) is 2. The molecule has 5 aromatic rings. The number of imidazole rings is 1. The molecule has 0 spiro atoms. The number of aromatic nitrogens is 4. The minimum atomic E-state index is -4.57. The Balaban J connectivity index is 1.41. The summed E-state index contributed by atoms with van der Waals surface area (Å²) in [6, 6.07) is 18.8. The van der Waals surface area contributed by atoms with Crippen LogP contribution in [0.4, 0.5) is 18.9 Å². The summed E-state index contributed by atoms with van der Waals surface area (Å²) in [5.41, 5.74) is 3.30. The first-order valence-electron chi connectivity index (χ1n) is 11.9. The van der Waals surface area contributed by atoms with Gasteiger partial charge in [0.05, 0.1) is 17.6 Å². The molecular weight excluding hydrogens is 523 g/mol. The summed E-state index contributed by atoms with van der Waals surface area (Å²) in [7, 11) is 0. The maximum atomic E-state index is 13.1. The Labute approximate surface area is 225 Å². The Hall–Kier alpha value is -5.32. The third-order valence-electron chi connectivity index (χ3n) is 5.97. The lowest BCUT2D eigenvalue weighted by Gasteiger charge is -2.10. The standard InChI is InChI=1S/C29H20F3N5O3/c1-17-8-10-19(15-23(17)35-28(40)20-5-2-4-18(14-20)9-13-27(38)39)24-16-37-26(34-24)12-11-22(36-37)21-6-3-7-25(33-21)29(30,31)32/h2-16H,1H3,(H,35,40)(H,38,39)/b13-9+. The molecule has 11 heteroatoms. The summed E-state index contributed by atoms with van der Waals surface area (Å²) in [4.78, 5) is 32.0. The number of pyridine rings is 1. The number of halogens is 3. The van der Waals surface area contributed by atoms with Gasteiger partial charge in [-0.2, -0.15) is 18.3 Å². The molecule has 0 aliphatic rings. The zero-order valence-electron chi connectivity index (χ0n) is 20.8. The van der Waals surface area contributed by atoms with Crippen LogP contribution in [0.3, 0.4) is 0 Å². The highest BCUT2D eigenvalue weighted by atomic mass is 19.4. The van der Waals surface area contributed by atoms with E-state index in [-0.39, 0.29) is 17.3 Å². The Morgan fingerprint density at radius 1 is 0.925 bits per heavy atom. The van der Waals surface area contributed by atoms with Crippen LogP contribution in [0.2, 0.25) is 0 Å². The Morgan fingerprint density at radius 2 is 1.73 bits per heavy atom. The summed E-state index contributed by atoms with van der Waals surface area (Å²) in [6.45, 7) is 1.84. The second-order valence-electron chi connectivity index (χ2n) is 8.83. The monoisotopic (exact) mass is 543 g/mol. The molecule has 0 aliphatic heterocycles. The molecule has 0 unspecified atom stereocenters. The first-order valence-corrected chi connectivity index (χ1v) is 11.9. The molecule has 0 saturated carbocycles. The number of aryl methyl sites for hydroxylation is 1. The van der Waals surface area contributed by atoms with Gasteiger partial charge in [0.2, 0.25) is 0 Å². The number of benzene rings is 2. The first-order chi connectivity index (χ1) is 19.1. The van der Waals surface area contributed by atoms with Crippen molar-refractivity contribution in [2.45, 2.75) is 13.1 Å². The van der Waals surface area contributed by atoms with Crippen LogP contribution >= 0.6 is 0 Å². The number of alkyl halides is 3. The van der Waals surface area contributed by atoms with Gasteiger partial charge in [0.1, 0.15) is 11.4 Å². The van der Waals surface area contributed by atoms with E-state index in [9.17, 15) is 22.8 Å². The van der Waals surface area contributed by atoms with Gasteiger partial charge in [-0.3, -0.25) is 4.79 Å². The quantitative estimate of drug-likeness (QED) is 0.249. The van der Waals surface area contributed by atoms with E-state index in [2.05, 4.69) is 20.4 Å². The molecule has 40 heavy (non-hydrogen) atoms. The maximum absolute atomic E-state index is 13.1. The van der Waals surface area contributed by atoms with E-state index in [0.717, 1.165) is 17.7 Å². The molecule has 0 bridgehead atoms. The zero-order valence-corrected chi connectivity index (χ0v) is 20.8. The lowest BCUT2D eigenvalue weighted by Crippen LogP contribution is -2.13. The highest BCUT2D eigenvalue weighted by Crippen LogP contribution is 2.30. The Bertz CT molecular complexity index is 1790. The number of nitrogens with one attached hydrogen (secondary N) is 1. The van der Waals surface area contributed by atoms with Crippen LogP contribution in [-0.2, 0) is 11.0 Å². The van der Waals surface area contributed by atoms with Gasteiger partial charge in [-0.05, 0) is 66.6 Å². The molecule has 200 valence electrons. The van der Waals surface area contributed by atoms with Crippen molar-refractivity contribution < 1.29 is 27.9 Å². The molecule has 8 nitrogen and oxygen atoms in total. The number of carbonyl (C=O) groups is 2. The Morgan fingerprint density at radius 3 is 2.50 bits per heavy atom. The molecule has 0 saturated heterocycles. The number of nitrogens with zero attached hydrogens (tertiary/aromatic N) is 4. The van der Waals surface area contributed by atoms with Gasteiger partial charge in [-0.25, -0.2) is 19.3 Å². The van der Waals surface area contributed by atoms with E-state index in [1.54, 1.807) is 48.7 Å². The van der Waals surface area contributed by atoms with Gasteiger partial charge in [0.15, 0.2) is 5.65 Å². The zero-order chi connectivity index (χ0) is 28.4. The van der Waals surface area contributed by atoms with Crippen LogP contribution < -0.4 is 5.32 Å². The third-order valence-corrected chi connectivity index (χ3v) is 5.97. The van der Waals surface area contributed by atoms with Gasteiger partial charge in [-0.15, -0.1) is 0 Å². The van der Waals surface area contributed by atoms with Crippen LogP contribution in [0.15, 0.2) is 85.1 Å². The molecule has 1 amide bonds. The average Bonchev–Trinajstić information content (AvgIpc) is 3.36. The van der Waals surface area contributed by atoms with Crippen LogP contribution in [0.25, 0.3) is 34.4 Å². The summed E-state index contributed by atoms with van der Waals surface area (Å²) >= 11 is 0. The fourth-order valence-electron chi connectivity index (χ4n) is 3.95. The van der Waals surface area contributed by atoms with E-state index in [1.165, 1.54) is 22.7 Å². The van der Waals surface area contributed by atoms with E-state index in [0.29, 0.717) is 33.7 Å². The fourth-order valence-corrected chi connectivity index (χ4v) is 3.95. The molecule has 2 aromatic carbocycles. The largest absolute Gasteiger partial charge is 0.478 e. The van der Waals surface area contributed by atoms with E-state index in [1.807, 2.05) is 19.1 Å². The van der Waals surface area contributed by atoms with Crippen LogP contribution in [0.1, 0.15) is 27.2 Å². The summed E-state index contributed by atoms with van der Waals surface area (Å²) in [6.07, 6.45) is -0.535. The number of carboxylic acids is 1. The second kappa shape index (κ2) is 10.4. The number of anilines is 1. The fraction of sp³-hybridized carbons (Fsp3) is 0.0690. The number of aliphatic carboxylic acids is 1. The molecule has 3 heterocycles. The molecule has 0 aliphatic carbocycles. The lowest BCUT2D eigenvalue weighted by atomic mass is 10.1. The number of carbonyl (C=O) groups excluding carboxylic acids is 1. The predicted octanol–water partition coefficient (Wildman–Crippen LogP) is 6.14. The van der Waals surface area contributed by atoms with Crippen molar-refractivity contribution >= 4 is 29.3 Å². The number of fused-ring (bicyclic) bond motifs is 1. The van der Waals surface area contributed by atoms with Crippen molar-refractivity contribution in [2.24, 2.45) is 0 Å². The Kier molecular flexibility index (Phi) is 6.87. The molecule has 0 fully saturated rings. The van der Waals surface area contributed by atoms with Gasteiger partial charge in [0, 0.05) is 22.9 Å². The number of rotatable bonds is 6. The van der Waals surface area contributed by atoms with Crippen molar-refractivity contribution in [2.75, 3.05) is 5.32 Å². The molecule has 0 radical (unpaired) electrons. The number of carboxylic acid groups (broad SMARTS) is 1. The smallest absolute Gasteiger partial charge is 0.433 e. The molecule has 5 rings (SSSR count). The van der Waals surface area contributed by atoms with Crippen molar-refractivity contribution in [3.8, 4) is 22.6 Å². The predicted molar refractivity (Wildman–Crippen MR) is 142 cm³/mol. The molecule has 0 atom stereocenters. The SMILES string of the molecule is Cc1ccc(-c2cn3nc(-c4cccc(C(F)(F)F)n4)ccc3n2)cc1NC(=O)c1cccc(/C=C/C(=O)O)c1. The third kappa shape index (κ3) is 5.73. The van der Waals surface area contributed by atoms with Crippen LogP contribution in [0, 0.1) is 6.92 Å². The van der Waals surface area contributed by atoms with Crippen LogP contribution in [0.5, 0.6) is 0 Å². The molecule has 3 aromatic heterocycles. The lowest BCUT2D eigenvalue weighted by molar-refractivity contribution is -0.141. The van der Waals surface area contributed by atoms with E-state index < -0.39 is 17.8 Å². The normalized spacial score (nSPS) is 11.7. The van der Waals surface area contributed by atoms with Gasteiger partial charge < -0.3 is 10.4 Å². The van der Waals surface area contributed by atoms with Crippen molar-refractivity contribution in [3.05, 3.63) is 107 Å².